The molecule has 0 spiro atoms. The zero-order chi connectivity index (χ0) is 16.2. The van der Waals surface area contributed by atoms with Gasteiger partial charge in [-0.15, -0.1) is 5.92 Å². The number of rotatable bonds is 6. The van der Waals surface area contributed by atoms with Crippen molar-refractivity contribution in [3.05, 3.63) is 6.92 Å². The van der Waals surface area contributed by atoms with Gasteiger partial charge in [0.15, 0.2) is 0 Å². The maximum Gasteiger partial charge on any atom is 0.351 e. The minimum Gasteiger partial charge on any atom is -0.458 e. The van der Waals surface area contributed by atoms with Crippen LogP contribution in [-0.2, 0) is 9.53 Å². The molecule has 1 radical (unpaired) electrons. The van der Waals surface area contributed by atoms with E-state index in [9.17, 15) is 9.90 Å². The van der Waals surface area contributed by atoms with Gasteiger partial charge in [0.25, 0.3) is 0 Å². The second-order valence-electron chi connectivity index (χ2n) is 6.53. The van der Waals surface area contributed by atoms with Crippen LogP contribution in [0.15, 0.2) is 0 Å². The molecule has 1 N–H and O–H groups in total. The van der Waals surface area contributed by atoms with E-state index in [-0.39, 0.29) is 12.1 Å². The lowest BCUT2D eigenvalue weighted by Crippen LogP contribution is -2.59. The number of carbonyl (C=O) groups excluding carboxylic acids is 1. The fourth-order valence-corrected chi connectivity index (χ4v) is 3.65. The van der Waals surface area contributed by atoms with Crippen LogP contribution in [0.2, 0.25) is 0 Å². The molecule has 3 saturated heterocycles. The molecule has 0 aromatic rings. The molecule has 0 aliphatic carbocycles. The van der Waals surface area contributed by atoms with Crippen molar-refractivity contribution in [1.82, 2.24) is 4.90 Å². The van der Waals surface area contributed by atoms with Crippen molar-refractivity contribution in [3.63, 3.8) is 0 Å². The minimum absolute atomic E-state index is 0.118. The van der Waals surface area contributed by atoms with Gasteiger partial charge in [-0.2, -0.15) is 0 Å². The Kier molecular flexibility index (Phi) is 5.88. The van der Waals surface area contributed by atoms with Gasteiger partial charge < -0.3 is 9.84 Å². The van der Waals surface area contributed by atoms with E-state index in [1.54, 1.807) is 6.92 Å². The lowest BCUT2D eigenvalue weighted by atomic mass is 9.81. The van der Waals surface area contributed by atoms with Gasteiger partial charge >= 0.3 is 5.97 Å². The van der Waals surface area contributed by atoms with Crippen molar-refractivity contribution < 1.29 is 14.6 Å². The largest absolute Gasteiger partial charge is 0.458 e. The van der Waals surface area contributed by atoms with Gasteiger partial charge in [-0.25, -0.2) is 4.79 Å². The molecule has 3 heterocycles. The molecule has 3 rings (SSSR count). The van der Waals surface area contributed by atoms with Gasteiger partial charge in [0, 0.05) is 6.04 Å². The van der Waals surface area contributed by atoms with Gasteiger partial charge in [0.2, 0.25) is 5.60 Å². The van der Waals surface area contributed by atoms with E-state index >= 15 is 0 Å². The SMILES string of the molecule is [CH2]CCCCC(O)(C#CC)C(=O)OC1C2CCN(CC2)C1C. The average molecular weight is 306 g/mol. The highest BCUT2D eigenvalue weighted by atomic mass is 16.6. The first-order chi connectivity index (χ1) is 10.5. The number of aliphatic hydroxyl groups is 1. The Morgan fingerprint density at radius 3 is 2.64 bits per heavy atom. The van der Waals surface area contributed by atoms with Crippen molar-refractivity contribution in [2.75, 3.05) is 13.1 Å². The van der Waals surface area contributed by atoms with Crippen molar-refractivity contribution in [1.29, 1.82) is 0 Å². The third-order valence-corrected chi connectivity index (χ3v) is 5.04. The number of hydrogen-bond donors (Lipinski definition) is 1. The molecule has 3 aliphatic heterocycles. The van der Waals surface area contributed by atoms with E-state index < -0.39 is 11.6 Å². The van der Waals surface area contributed by atoms with Gasteiger partial charge in [-0.3, -0.25) is 4.90 Å². The molecule has 3 atom stereocenters. The third kappa shape index (κ3) is 3.64. The second-order valence-corrected chi connectivity index (χ2v) is 6.53. The fourth-order valence-electron chi connectivity index (χ4n) is 3.65. The summed E-state index contributed by atoms with van der Waals surface area (Å²) in [6.45, 7) is 9.70. The Hall–Kier alpha value is -1.05. The highest BCUT2D eigenvalue weighted by Gasteiger charge is 2.45. The number of nitrogens with zero attached hydrogens (tertiary/aromatic N) is 1. The van der Waals surface area contributed by atoms with Gasteiger partial charge in [-0.05, 0) is 58.5 Å². The van der Waals surface area contributed by atoms with Gasteiger partial charge in [0.05, 0.1) is 0 Å². The summed E-state index contributed by atoms with van der Waals surface area (Å²) in [4.78, 5) is 14.9. The average Bonchev–Trinajstić information content (AvgIpc) is 2.51. The summed E-state index contributed by atoms with van der Waals surface area (Å²) < 4.78 is 5.74. The van der Waals surface area contributed by atoms with Crippen LogP contribution >= 0.6 is 0 Å². The number of carbonyl (C=O) groups is 1. The summed E-state index contributed by atoms with van der Waals surface area (Å²) in [7, 11) is 0. The minimum atomic E-state index is -1.67. The lowest BCUT2D eigenvalue weighted by Gasteiger charge is -2.49. The molecule has 3 unspecified atom stereocenters. The quantitative estimate of drug-likeness (QED) is 0.464. The number of esters is 1. The molecule has 0 amide bonds. The summed E-state index contributed by atoms with van der Waals surface area (Å²) in [6, 6.07) is 0.232. The predicted octanol–water partition coefficient (Wildman–Crippen LogP) is 2.16. The Balaban J connectivity index is 2.02. The molecule has 123 valence electrons. The van der Waals surface area contributed by atoms with Crippen molar-refractivity contribution in [3.8, 4) is 11.8 Å². The van der Waals surface area contributed by atoms with Crippen LogP contribution in [0.5, 0.6) is 0 Å². The monoisotopic (exact) mass is 306 g/mol. The normalized spacial score (nSPS) is 32.7. The van der Waals surface area contributed by atoms with Crippen LogP contribution in [0.4, 0.5) is 0 Å². The number of piperidine rings is 3. The summed E-state index contributed by atoms with van der Waals surface area (Å²) in [6.07, 6.45) is 4.73. The number of hydrogen-bond acceptors (Lipinski definition) is 4. The van der Waals surface area contributed by atoms with E-state index in [0.29, 0.717) is 12.3 Å². The Morgan fingerprint density at radius 1 is 1.41 bits per heavy atom. The van der Waals surface area contributed by atoms with Crippen molar-refractivity contribution >= 4 is 5.97 Å². The van der Waals surface area contributed by atoms with Crippen LogP contribution < -0.4 is 0 Å². The molecule has 4 nitrogen and oxygen atoms in total. The van der Waals surface area contributed by atoms with Crippen LogP contribution in [0.3, 0.4) is 0 Å². The predicted molar refractivity (Wildman–Crippen MR) is 85.9 cm³/mol. The highest BCUT2D eigenvalue weighted by molar-refractivity contribution is 5.83. The van der Waals surface area contributed by atoms with Crippen molar-refractivity contribution in [2.24, 2.45) is 5.92 Å². The molecule has 2 bridgehead atoms. The molecular formula is C18H28NO3. The van der Waals surface area contributed by atoms with Crippen LogP contribution in [0.25, 0.3) is 0 Å². The highest BCUT2D eigenvalue weighted by Crippen LogP contribution is 2.35. The van der Waals surface area contributed by atoms with Gasteiger partial charge in [-0.1, -0.05) is 25.7 Å². The smallest absolute Gasteiger partial charge is 0.351 e. The van der Waals surface area contributed by atoms with Crippen LogP contribution in [0.1, 0.15) is 52.4 Å². The van der Waals surface area contributed by atoms with E-state index in [2.05, 4.69) is 30.6 Å². The molecule has 0 aromatic carbocycles. The first-order valence-electron chi connectivity index (χ1n) is 8.42. The van der Waals surface area contributed by atoms with Crippen molar-refractivity contribution in [2.45, 2.75) is 70.1 Å². The van der Waals surface area contributed by atoms with Crippen LogP contribution in [0, 0.1) is 24.7 Å². The third-order valence-electron chi connectivity index (χ3n) is 5.04. The van der Waals surface area contributed by atoms with Crippen LogP contribution in [-0.4, -0.2) is 46.8 Å². The molecule has 0 saturated carbocycles. The first kappa shape index (κ1) is 17.3. The van der Waals surface area contributed by atoms with E-state index in [4.69, 9.17) is 4.74 Å². The maximum absolute atomic E-state index is 12.5. The zero-order valence-electron chi connectivity index (χ0n) is 13.8. The first-order valence-corrected chi connectivity index (χ1v) is 8.42. The van der Waals surface area contributed by atoms with Gasteiger partial charge in [0.1, 0.15) is 6.10 Å². The molecule has 4 heteroatoms. The standard InChI is InChI=1S/C18H28NO3/c1-4-6-7-11-18(21,10-5-2)17(20)22-16-14(3)19-12-8-15(16)9-13-19/h14-16,21H,1,4,6-9,11-13H2,2-3H3. The lowest BCUT2D eigenvalue weighted by molar-refractivity contribution is -0.180. The summed E-state index contributed by atoms with van der Waals surface area (Å²) in [5, 5.41) is 10.6. The summed E-state index contributed by atoms with van der Waals surface area (Å²) >= 11 is 0. The van der Waals surface area contributed by atoms with E-state index in [1.165, 1.54) is 0 Å². The maximum atomic E-state index is 12.5. The summed E-state index contributed by atoms with van der Waals surface area (Å²) in [5.41, 5.74) is -1.67. The topological polar surface area (TPSA) is 49.8 Å². The number of unbranched alkanes of at least 4 members (excludes halogenated alkanes) is 2. The van der Waals surface area contributed by atoms with E-state index in [0.717, 1.165) is 45.2 Å². The second kappa shape index (κ2) is 7.48. The Bertz CT molecular complexity index is 443. The fraction of sp³-hybridized carbons (Fsp3) is 0.778. The summed E-state index contributed by atoms with van der Waals surface area (Å²) in [5.74, 6) is 5.18. The zero-order valence-corrected chi connectivity index (χ0v) is 13.8. The molecule has 3 fully saturated rings. The molecule has 3 aliphatic rings. The Labute approximate surface area is 134 Å². The molecule has 0 aromatic heterocycles. The molecule has 22 heavy (non-hydrogen) atoms. The Morgan fingerprint density at radius 2 is 2.09 bits per heavy atom. The number of ether oxygens (including phenoxy) is 1. The number of fused-ring (bicyclic) bond motifs is 3. The molecular weight excluding hydrogens is 278 g/mol. The van der Waals surface area contributed by atoms with E-state index in [1.807, 2.05) is 0 Å².